The van der Waals surface area contributed by atoms with E-state index in [2.05, 4.69) is 72.5 Å². The second-order valence-corrected chi connectivity index (χ2v) is 7.76. The molecule has 3 aromatic rings. The van der Waals surface area contributed by atoms with E-state index in [0.717, 1.165) is 44.7 Å². The minimum atomic E-state index is 0.0391. The number of hydrogen-bond acceptors (Lipinski definition) is 3. The molecule has 0 fully saturated rings. The van der Waals surface area contributed by atoms with Gasteiger partial charge in [0.1, 0.15) is 5.75 Å². The van der Waals surface area contributed by atoms with Gasteiger partial charge in [-0.15, -0.1) is 0 Å². The van der Waals surface area contributed by atoms with Crippen LogP contribution in [0.4, 0.5) is 0 Å². The van der Waals surface area contributed by atoms with Crippen molar-refractivity contribution in [2.75, 3.05) is 13.2 Å². The number of aliphatic hydroxyl groups is 1. The van der Waals surface area contributed by atoms with Crippen molar-refractivity contribution in [2.24, 2.45) is 0 Å². The quantitative estimate of drug-likeness (QED) is 0.407. The van der Waals surface area contributed by atoms with Crippen molar-refractivity contribution in [3.63, 3.8) is 0 Å². The third-order valence-corrected chi connectivity index (χ3v) is 5.35. The predicted molar refractivity (Wildman–Crippen MR) is 124 cm³/mol. The number of unbranched alkanes of at least 4 members (excludes halogenated alkanes) is 1. The summed E-state index contributed by atoms with van der Waals surface area (Å²) in [7, 11) is 0. The first-order valence-corrected chi connectivity index (χ1v) is 10.9. The van der Waals surface area contributed by atoms with Crippen LogP contribution in [-0.4, -0.2) is 29.3 Å². The van der Waals surface area contributed by atoms with Crippen molar-refractivity contribution in [3.05, 3.63) is 102 Å². The summed E-state index contributed by atoms with van der Waals surface area (Å²) in [4.78, 5) is 2.37. The lowest BCUT2D eigenvalue weighted by molar-refractivity contribution is 0.109. The summed E-state index contributed by atoms with van der Waals surface area (Å²) in [5.41, 5.74) is 3.72. The highest BCUT2D eigenvalue weighted by Crippen LogP contribution is 2.19. The Hall–Kier alpha value is -2.62. The monoisotopic (exact) mass is 403 g/mol. The van der Waals surface area contributed by atoms with Gasteiger partial charge in [0, 0.05) is 19.1 Å². The van der Waals surface area contributed by atoms with E-state index in [4.69, 9.17) is 4.74 Å². The van der Waals surface area contributed by atoms with E-state index in [0.29, 0.717) is 0 Å². The predicted octanol–water partition coefficient (Wildman–Crippen LogP) is 5.47. The minimum absolute atomic E-state index is 0.0391. The van der Waals surface area contributed by atoms with Crippen LogP contribution >= 0.6 is 0 Å². The summed E-state index contributed by atoms with van der Waals surface area (Å²) in [6, 6.07) is 29.3. The van der Waals surface area contributed by atoms with E-state index in [1.165, 1.54) is 16.7 Å². The largest absolute Gasteiger partial charge is 0.494 e. The van der Waals surface area contributed by atoms with E-state index >= 15 is 0 Å². The first kappa shape index (κ1) is 22.1. The Bertz CT molecular complexity index is 792. The third kappa shape index (κ3) is 7.01. The summed E-state index contributed by atoms with van der Waals surface area (Å²) in [6.07, 6.45) is 3.00. The van der Waals surface area contributed by atoms with Crippen molar-refractivity contribution >= 4 is 0 Å². The topological polar surface area (TPSA) is 32.7 Å². The summed E-state index contributed by atoms with van der Waals surface area (Å²) in [5.74, 6) is 0.915. The molecule has 3 heteroatoms. The van der Waals surface area contributed by atoms with E-state index in [9.17, 15) is 5.11 Å². The van der Waals surface area contributed by atoms with E-state index in [1.54, 1.807) is 0 Å². The first-order valence-electron chi connectivity index (χ1n) is 10.9. The van der Waals surface area contributed by atoms with Gasteiger partial charge >= 0.3 is 0 Å². The van der Waals surface area contributed by atoms with E-state index in [1.807, 2.05) is 24.3 Å². The lowest BCUT2D eigenvalue weighted by Gasteiger charge is -2.31. The molecular formula is C27H33NO2. The van der Waals surface area contributed by atoms with Gasteiger partial charge in [0.05, 0.1) is 13.2 Å². The minimum Gasteiger partial charge on any atom is -0.494 e. The maximum atomic E-state index is 10.2. The van der Waals surface area contributed by atoms with Crippen LogP contribution in [0.3, 0.4) is 0 Å². The van der Waals surface area contributed by atoms with Crippen LogP contribution in [0.5, 0.6) is 5.75 Å². The third-order valence-electron chi connectivity index (χ3n) is 5.35. The van der Waals surface area contributed by atoms with Gasteiger partial charge in [0.15, 0.2) is 0 Å². The molecule has 1 atom stereocenters. The highest BCUT2D eigenvalue weighted by molar-refractivity contribution is 5.28. The highest BCUT2D eigenvalue weighted by atomic mass is 16.5. The van der Waals surface area contributed by atoms with Crippen molar-refractivity contribution in [2.45, 2.75) is 45.3 Å². The van der Waals surface area contributed by atoms with E-state index in [-0.39, 0.29) is 12.6 Å². The van der Waals surface area contributed by atoms with Gasteiger partial charge in [-0.05, 0) is 41.7 Å². The average Bonchev–Trinajstić information content (AvgIpc) is 2.80. The number of aliphatic hydroxyl groups excluding tert-OH is 1. The Labute approximate surface area is 180 Å². The fraction of sp³-hybridized carbons (Fsp3) is 0.333. The van der Waals surface area contributed by atoms with E-state index < -0.39 is 0 Å². The molecule has 158 valence electrons. The van der Waals surface area contributed by atoms with Gasteiger partial charge in [-0.2, -0.15) is 0 Å². The Morgan fingerprint density at radius 1 is 0.767 bits per heavy atom. The van der Waals surface area contributed by atoms with Crippen LogP contribution in [-0.2, 0) is 19.5 Å². The van der Waals surface area contributed by atoms with Crippen molar-refractivity contribution in [3.8, 4) is 5.75 Å². The molecule has 0 aliphatic heterocycles. The second kappa shape index (κ2) is 12.2. The normalized spacial score (nSPS) is 12.1. The Kier molecular flexibility index (Phi) is 8.95. The number of nitrogens with zero attached hydrogens (tertiary/aromatic N) is 1. The summed E-state index contributed by atoms with van der Waals surface area (Å²) >= 11 is 0. The molecule has 0 saturated carbocycles. The van der Waals surface area contributed by atoms with Gasteiger partial charge in [-0.1, -0.05) is 86.1 Å². The fourth-order valence-corrected chi connectivity index (χ4v) is 3.59. The molecule has 0 spiro atoms. The number of ether oxygens (including phenoxy) is 1. The molecule has 0 unspecified atom stereocenters. The van der Waals surface area contributed by atoms with Crippen molar-refractivity contribution in [1.82, 2.24) is 4.90 Å². The summed E-state index contributed by atoms with van der Waals surface area (Å²) in [6.45, 7) is 4.65. The van der Waals surface area contributed by atoms with Crippen LogP contribution in [0.15, 0.2) is 84.9 Å². The van der Waals surface area contributed by atoms with Crippen LogP contribution in [0, 0.1) is 0 Å². The molecule has 30 heavy (non-hydrogen) atoms. The number of hydrogen-bond donors (Lipinski definition) is 1. The molecule has 0 aromatic heterocycles. The first-order chi connectivity index (χ1) is 14.8. The smallest absolute Gasteiger partial charge is 0.119 e. The molecule has 3 aromatic carbocycles. The number of benzene rings is 3. The van der Waals surface area contributed by atoms with Gasteiger partial charge in [0.25, 0.3) is 0 Å². The summed E-state index contributed by atoms with van der Waals surface area (Å²) < 4.78 is 5.78. The lowest BCUT2D eigenvalue weighted by atomic mass is 10.0. The lowest BCUT2D eigenvalue weighted by Crippen LogP contribution is -2.38. The molecule has 0 amide bonds. The fourth-order valence-electron chi connectivity index (χ4n) is 3.59. The van der Waals surface area contributed by atoms with Crippen LogP contribution in [0.2, 0.25) is 0 Å². The Balaban J connectivity index is 1.71. The maximum absolute atomic E-state index is 10.2. The van der Waals surface area contributed by atoms with Crippen LogP contribution < -0.4 is 4.74 Å². The second-order valence-electron chi connectivity index (χ2n) is 7.76. The Morgan fingerprint density at radius 2 is 1.33 bits per heavy atom. The summed E-state index contributed by atoms with van der Waals surface area (Å²) in [5, 5.41) is 10.2. The SMILES string of the molecule is CCCCOc1ccc(C[C@H](CO)N(Cc2ccccc2)Cc2ccccc2)cc1. The molecule has 3 rings (SSSR count). The van der Waals surface area contributed by atoms with Gasteiger partial charge in [-0.3, -0.25) is 4.90 Å². The van der Waals surface area contributed by atoms with Gasteiger partial charge in [0.2, 0.25) is 0 Å². The van der Waals surface area contributed by atoms with Crippen molar-refractivity contribution < 1.29 is 9.84 Å². The number of rotatable bonds is 12. The standard InChI is InChI=1S/C27H33NO2/c1-2-3-18-30-27-16-14-23(15-17-27)19-26(22-29)28(20-24-10-6-4-7-11-24)21-25-12-8-5-9-13-25/h4-17,26,29H,2-3,18-22H2,1H3/t26-/m1/s1. The highest BCUT2D eigenvalue weighted by Gasteiger charge is 2.19. The molecule has 1 N–H and O–H groups in total. The molecule has 0 heterocycles. The zero-order valence-electron chi connectivity index (χ0n) is 17.9. The van der Waals surface area contributed by atoms with Crippen molar-refractivity contribution in [1.29, 1.82) is 0 Å². The molecule has 0 radical (unpaired) electrons. The zero-order chi connectivity index (χ0) is 21.0. The molecule has 0 aliphatic rings. The molecule has 0 saturated heterocycles. The molecular weight excluding hydrogens is 370 g/mol. The molecule has 3 nitrogen and oxygen atoms in total. The Morgan fingerprint density at radius 3 is 1.83 bits per heavy atom. The van der Waals surface area contributed by atoms with Crippen LogP contribution in [0.25, 0.3) is 0 Å². The van der Waals surface area contributed by atoms with Gasteiger partial charge < -0.3 is 9.84 Å². The molecule has 0 bridgehead atoms. The van der Waals surface area contributed by atoms with Gasteiger partial charge in [-0.25, -0.2) is 0 Å². The zero-order valence-corrected chi connectivity index (χ0v) is 17.9. The average molecular weight is 404 g/mol. The maximum Gasteiger partial charge on any atom is 0.119 e. The molecule has 0 aliphatic carbocycles. The van der Waals surface area contributed by atoms with Crippen LogP contribution in [0.1, 0.15) is 36.5 Å².